The molecule has 3 rings (SSSR count). The number of hydrogen-bond acceptors (Lipinski definition) is 3. The normalized spacial score (nSPS) is 17.5. The Balaban J connectivity index is 1.70. The maximum atomic E-state index is 12.5. The molecule has 0 radical (unpaired) electrons. The van der Waals surface area contributed by atoms with Crippen molar-refractivity contribution in [2.45, 2.75) is 45.3 Å². The quantitative estimate of drug-likeness (QED) is 0.860. The van der Waals surface area contributed by atoms with Gasteiger partial charge in [-0.15, -0.1) is 0 Å². The molecule has 2 aromatic rings. The Kier molecular flexibility index (Phi) is 6.53. The molecule has 0 saturated carbocycles. The van der Waals surface area contributed by atoms with Crippen LogP contribution in [0.15, 0.2) is 60.7 Å². The van der Waals surface area contributed by atoms with Crippen LogP contribution in [0.4, 0.5) is 0 Å². The summed E-state index contributed by atoms with van der Waals surface area (Å²) in [5.41, 5.74) is 2.44. The van der Waals surface area contributed by atoms with Crippen LogP contribution in [0.2, 0.25) is 0 Å². The van der Waals surface area contributed by atoms with Crippen LogP contribution in [0.5, 0.6) is 0 Å². The molecular formula is C24H33N3O. The number of amides is 1. The fraction of sp³-hybridized carbons (Fsp3) is 0.458. The van der Waals surface area contributed by atoms with Crippen molar-refractivity contribution < 1.29 is 4.79 Å². The molecule has 1 amide bonds. The minimum absolute atomic E-state index is 0.103. The Labute approximate surface area is 169 Å². The van der Waals surface area contributed by atoms with Crippen LogP contribution in [-0.2, 0) is 4.79 Å². The summed E-state index contributed by atoms with van der Waals surface area (Å²) < 4.78 is 0. The first-order valence-electron chi connectivity index (χ1n) is 10.3. The molecule has 28 heavy (non-hydrogen) atoms. The molecular weight excluding hydrogens is 346 g/mol. The largest absolute Gasteiger partial charge is 0.350 e. The van der Waals surface area contributed by atoms with Gasteiger partial charge >= 0.3 is 0 Å². The molecule has 1 saturated heterocycles. The number of piperazine rings is 1. The topological polar surface area (TPSA) is 35.6 Å². The highest BCUT2D eigenvalue weighted by molar-refractivity contribution is 5.81. The van der Waals surface area contributed by atoms with Crippen molar-refractivity contribution >= 4 is 5.91 Å². The highest BCUT2D eigenvalue weighted by Gasteiger charge is 2.31. The molecule has 0 aromatic heterocycles. The van der Waals surface area contributed by atoms with E-state index in [1.54, 1.807) is 0 Å². The molecule has 0 aliphatic carbocycles. The third kappa shape index (κ3) is 5.21. The summed E-state index contributed by atoms with van der Waals surface area (Å²) in [6, 6.07) is 21.6. The molecule has 1 aliphatic rings. The van der Waals surface area contributed by atoms with E-state index in [4.69, 9.17) is 0 Å². The average Bonchev–Trinajstić information content (AvgIpc) is 2.68. The van der Waals surface area contributed by atoms with E-state index in [0.717, 1.165) is 26.2 Å². The van der Waals surface area contributed by atoms with Gasteiger partial charge in [0.05, 0.1) is 12.1 Å². The first kappa shape index (κ1) is 20.6. The third-order valence-electron chi connectivity index (χ3n) is 5.37. The van der Waals surface area contributed by atoms with Gasteiger partial charge in [0.25, 0.3) is 0 Å². The maximum absolute atomic E-state index is 12.5. The SMILES string of the molecule is C[C@H](C(=O)NC(C)(C)C)N1CCN(C(c2ccccc2)c2ccccc2)CC1. The van der Waals surface area contributed by atoms with Crippen molar-refractivity contribution in [1.29, 1.82) is 0 Å². The number of benzene rings is 2. The van der Waals surface area contributed by atoms with Gasteiger partial charge in [0, 0.05) is 31.7 Å². The van der Waals surface area contributed by atoms with Crippen molar-refractivity contribution in [3.63, 3.8) is 0 Å². The van der Waals surface area contributed by atoms with Gasteiger partial charge in [-0.1, -0.05) is 60.7 Å². The first-order chi connectivity index (χ1) is 13.3. The lowest BCUT2D eigenvalue weighted by molar-refractivity contribution is -0.128. The van der Waals surface area contributed by atoms with E-state index >= 15 is 0 Å². The second-order valence-electron chi connectivity index (χ2n) is 8.71. The molecule has 2 aromatic carbocycles. The number of rotatable bonds is 5. The van der Waals surface area contributed by atoms with Crippen LogP contribution in [0.3, 0.4) is 0 Å². The zero-order valence-electron chi connectivity index (χ0n) is 17.6. The van der Waals surface area contributed by atoms with Gasteiger partial charge in [-0.3, -0.25) is 14.6 Å². The molecule has 1 aliphatic heterocycles. The van der Waals surface area contributed by atoms with Gasteiger partial charge in [0.1, 0.15) is 0 Å². The summed E-state index contributed by atoms with van der Waals surface area (Å²) in [5.74, 6) is 0.114. The fourth-order valence-corrected chi connectivity index (χ4v) is 3.91. The van der Waals surface area contributed by atoms with Crippen molar-refractivity contribution in [2.24, 2.45) is 0 Å². The number of nitrogens with zero attached hydrogens (tertiary/aromatic N) is 2. The smallest absolute Gasteiger partial charge is 0.237 e. The van der Waals surface area contributed by atoms with Gasteiger partial charge in [-0.25, -0.2) is 0 Å². The van der Waals surface area contributed by atoms with E-state index in [1.165, 1.54) is 11.1 Å². The Morgan fingerprint density at radius 1 is 0.821 bits per heavy atom. The molecule has 0 bridgehead atoms. The fourth-order valence-electron chi connectivity index (χ4n) is 3.91. The molecule has 0 spiro atoms. The number of carbonyl (C=O) groups excluding carboxylic acids is 1. The number of hydrogen-bond donors (Lipinski definition) is 1. The number of carbonyl (C=O) groups is 1. The summed E-state index contributed by atoms with van der Waals surface area (Å²) in [7, 11) is 0. The van der Waals surface area contributed by atoms with Gasteiger partial charge in [-0.05, 0) is 38.8 Å². The predicted molar refractivity (Wildman–Crippen MR) is 115 cm³/mol. The zero-order valence-corrected chi connectivity index (χ0v) is 17.6. The van der Waals surface area contributed by atoms with Crippen LogP contribution in [0.1, 0.15) is 44.9 Å². The summed E-state index contributed by atoms with van der Waals surface area (Å²) in [6.45, 7) is 11.8. The summed E-state index contributed by atoms with van der Waals surface area (Å²) in [6.07, 6.45) is 0. The summed E-state index contributed by atoms with van der Waals surface area (Å²) >= 11 is 0. The van der Waals surface area contributed by atoms with E-state index in [9.17, 15) is 4.79 Å². The van der Waals surface area contributed by atoms with E-state index in [-0.39, 0.29) is 23.5 Å². The second-order valence-corrected chi connectivity index (χ2v) is 8.71. The molecule has 1 atom stereocenters. The lowest BCUT2D eigenvalue weighted by atomic mass is 9.96. The highest BCUT2D eigenvalue weighted by atomic mass is 16.2. The summed E-state index contributed by atoms with van der Waals surface area (Å²) in [4.78, 5) is 17.4. The Bertz CT molecular complexity index is 707. The van der Waals surface area contributed by atoms with E-state index in [0.29, 0.717) is 0 Å². The Morgan fingerprint density at radius 2 is 1.25 bits per heavy atom. The van der Waals surface area contributed by atoms with Gasteiger partial charge < -0.3 is 5.32 Å². The lowest BCUT2D eigenvalue weighted by Gasteiger charge is -2.41. The molecule has 1 heterocycles. The Hall–Kier alpha value is -2.17. The molecule has 1 N–H and O–H groups in total. The minimum atomic E-state index is -0.196. The first-order valence-corrected chi connectivity index (χ1v) is 10.3. The average molecular weight is 380 g/mol. The Morgan fingerprint density at radius 3 is 1.68 bits per heavy atom. The maximum Gasteiger partial charge on any atom is 0.237 e. The van der Waals surface area contributed by atoms with E-state index in [2.05, 4.69) is 75.8 Å². The zero-order chi connectivity index (χ0) is 20.1. The second kappa shape index (κ2) is 8.89. The van der Waals surface area contributed by atoms with Crippen molar-refractivity contribution in [3.8, 4) is 0 Å². The highest BCUT2D eigenvalue weighted by Crippen LogP contribution is 2.29. The van der Waals surface area contributed by atoms with Crippen LogP contribution in [-0.4, -0.2) is 53.5 Å². The van der Waals surface area contributed by atoms with Crippen LogP contribution < -0.4 is 5.32 Å². The van der Waals surface area contributed by atoms with Crippen molar-refractivity contribution in [3.05, 3.63) is 71.8 Å². The molecule has 0 unspecified atom stereocenters. The van der Waals surface area contributed by atoms with E-state index < -0.39 is 0 Å². The lowest BCUT2D eigenvalue weighted by Crippen LogP contribution is -2.56. The standard InChI is InChI=1S/C24H33N3O/c1-19(23(28)25-24(2,3)4)26-15-17-27(18-16-26)22(20-11-7-5-8-12-20)21-13-9-6-10-14-21/h5-14,19,22H,15-18H2,1-4H3,(H,25,28)/t19-/m1/s1. The van der Waals surface area contributed by atoms with Crippen LogP contribution >= 0.6 is 0 Å². The molecule has 4 heteroatoms. The van der Waals surface area contributed by atoms with Crippen LogP contribution in [0, 0.1) is 0 Å². The van der Waals surface area contributed by atoms with Gasteiger partial charge in [0.2, 0.25) is 5.91 Å². The predicted octanol–water partition coefficient (Wildman–Crippen LogP) is 3.70. The monoisotopic (exact) mass is 379 g/mol. The molecule has 150 valence electrons. The third-order valence-corrected chi connectivity index (χ3v) is 5.37. The molecule has 4 nitrogen and oxygen atoms in total. The summed E-state index contributed by atoms with van der Waals surface area (Å²) in [5, 5.41) is 3.11. The number of nitrogens with one attached hydrogen (secondary N) is 1. The molecule has 1 fully saturated rings. The van der Waals surface area contributed by atoms with Gasteiger partial charge in [0.15, 0.2) is 0 Å². The van der Waals surface area contributed by atoms with Crippen molar-refractivity contribution in [1.82, 2.24) is 15.1 Å². The minimum Gasteiger partial charge on any atom is -0.350 e. The van der Waals surface area contributed by atoms with E-state index in [1.807, 2.05) is 27.7 Å². The van der Waals surface area contributed by atoms with Crippen molar-refractivity contribution in [2.75, 3.05) is 26.2 Å². The van der Waals surface area contributed by atoms with Crippen LogP contribution in [0.25, 0.3) is 0 Å². The van der Waals surface area contributed by atoms with Gasteiger partial charge in [-0.2, -0.15) is 0 Å².